The summed E-state index contributed by atoms with van der Waals surface area (Å²) >= 11 is 1.53. The third-order valence-electron chi connectivity index (χ3n) is 7.49. The molecule has 5 rings (SSSR count). The zero-order chi connectivity index (χ0) is 26.8. The topological polar surface area (TPSA) is 92.2 Å². The van der Waals surface area contributed by atoms with Crippen LogP contribution in [0.25, 0.3) is 11.3 Å². The highest BCUT2D eigenvalue weighted by Crippen LogP contribution is 2.37. The second-order valence-corrected chi connectivity index (χ2v) is 10.9. The first-order valence-electron chi connectivity index (χ1n) is 13.0. The Balaban J connectivity index is 1.31. The predicted molar refractivity (Wildman–Crippen MR) is 147 cm³/mol. The van der Waals surface area contributed by atoms with Gasteiger partial charge in [0.15, 0.2) is 5.13 Å². The molecule has 8 nitrogen and oxygen atoms in total. The summed E-state index contributed by atoms with van der Waals surface area (Å²) < 4.78 is 11.7. The van der Waals surface area contributed by atoms with E-state index in [9.17, 15) is 14.7 Å². The molecule has 1 aromatic heterocycles. The van der Waals surface area contributed by atoms with Gasteiger partial charge in [-0.3, -0.25) is 9.59 Å². The van der Waals surface area contributed by atoms with Gasteiger partial charge < -0.3 is 24.4 Å². The van der Waals surface area contributed by atoms with E-state index in [-0.39, 0.29) is 17.9 Å². The van der Waals surface area contributed by atoms with Crippen molar-refractivity contribution < 1.29 is 24.2 Å². The van der Waals surface area contributed by atoms with E-state index in [2.05, 4.69) is 11.0 Å². The van der Waals surface area contributed by atoms with Crippen LogP contribution in [-0.4, -0.2) is 65.8 Å². The number of morpholine rings is 1. The second kappa shape index (κ2) is 11.1. The molecule has 2 saturated heterocycles. The van der Waals surface area contributed by atoms with Gasteiger partial charge in [-0.25, -0.2) is 4.98 Å². The lowest BCUT2D eigenvalue weighted by Gasteiger charge is -2.27. The Kier molecular flexibility index (Phi) is 7.67. The van der Waals surface area contributed by atoms with Gasteiger partial charge in [-0.05, 0) is 62.6 Å². The Hall–Kier alpha value is -3.43. The number of nitrogens with zero attached hydrogens (tertiary/aromatic N) is 3. The molecule has 0 spiro atoms. The molecule has 1 amide bonds. The third-order valence-corrected chi connectivity index (χ3v) is 8.37. The van der Waals surface area contributed by atoms with Gasteiger partial charge in [0, 0.05) is 42.2 Å². The van der Waals surface area contributed by atoms with Gasteiger partial charge in [-0.15, -0.1) is 11.3 Å². The number of amides is 1. The van der Waals surface area contributed by atoms with Crippen LogP contribution in [0, 0.1) is 19.8 Å². The fraction of sp³-hybridized carbons (Fsp3) is 0.414. The molecular weight excluding hydrogens is 502 g/mol. The zero-order valence-electron chi connectivity index (χ0n) is 22.0. The molecule has 200 valence electrons. The number of thiazole rings is 1. The molecule has 0 radical (unpaired) electrons. The van der Waals surface area contributed by atoms with Gasteiger partial charge in [-0.2, -0.15) is 0 Å². The van der Waals surface area contributed by atoms with E-state index in [0.29, 0.717) is 51.4 Å². The molecule has 2 atom stereocenters. The Labute approximate surface area is 226 Å². The first kappa shape index (κ1) is 26.2. The van der Waals surface area contributed by atoms with Crippen LogP contribution in [0.2, 0.25) is 0 Å². The molecule has 38 heavy (non-hydrogen) atoms. The Morgan fingerprint density at radius 1 is 1.13 bits per heavy atom. The van der Waals surface area contributed by atoms with Crippen LogP contribution in [-0.2, 0) is 16.1 Å². The normalized spacial score (nSPS) is 19.6. The quantitative estimate of drug-likeness (QED) is 0.466. The van der Waals surface area contributed by atoms with Gasteiger partial charge >= 0.3 is 5.97 Å². The van der Waals surface area contributed by atoms with Gasteiger partial charge in [0.05, 0.1) is 24.8 Å². The fourth-order valence-corrected chi connectivity index (χ4v) is 6.07. The monoisotopic (exact) mass is 535 g/mol. The molecule has 2 unspecified atom stereocenters. The van der Waals surface area contributed by atoms with Crippen LogP contribution in [0.3, 0.4) is 0 Å². The lowest BCUT2D eigenvalue weighted by Crippen LogP contribution is -2.40. The number of rotatable bonds is 7. The maximum atomic E-state index is 12.8. The van der Waals surface area contributed by atoms with Crippen molar-refractivity contribution in [3.63, 3.8) is 0 Å². The van der Waals surface area contributed by atoms with Crippen LogP contribution in [0.15, 0.2) is 41.8 Å². The number of carboxylic acid groups (broad SMARTS) is 1. The minimum Gasteiger partial charge on any atom is -0.488 e. The smallest absolute Gasteiger partial charge is 0.308 e. The van der Waals surface area contributed by atoms with Crippen molar-refractivity contribution >= 4 is 28.3 Å². The summed E-state index contributed by atoms with van der Waals surface area (Å²) in [5.74, 6) is -0.358. The minimum absolute atomic E-state index is 0.0334. The molecule has 0 saturated carbocycles. The van der Waals surface area contributed by atoms with E-state index < -0.39 is 5.97 Å². The zero-order valence-corrected chi connectivity index (χ0v) is 22.8. The highest BCUT2D eigenvalue weighted by atomic mass is 32.1. The number of hydrogen-bond donors (Lipinski definition) is 1. The Morgan fingerprint density at radius 3 is 2.63 bits per heavy atom. The van der Waals surface area contributed by atoms with E-state index in [0.717, 1.165) is 38.8 Å². The summed E-state index contributed by atoms with van der Waals surface area (Å²) in [6.07, 6.45) is 0.625. The Morgan fingerprint density at radius 2 is 1.92 bits per heavy atom. The summed E-state index contributed by atoms with van der Waals surface area (Å²) in [6, 6.07) is 11.7. The summed E-state index contributed by atoms with van der Waals surface area (Å²) in [5, 5.41) is 12.3. The van der Waals surface area contributed by atoms with Crippen molar-refractivity contribution in [2.75, 3.05) is 37.7 Å². The fourth-order valence-electron chi connectivity index (χ4n) is 5.13. The predicted octanol–water partition coefficient (Wildman–Crippen LogP) is 4.78. The number of benzene rings is 2. The number of aliphatic carboxylic acids is 1. The van der Waals surface area contributed by atoms with E-state index >= 15 is 0 Å². The molecule has 3 aromatic rings. The number of ether oxygens (including phenoxy) is 2. The Bertz CT molecular complexity index is 1330. The highest BCUT2D eigenvalue weighted by molar-refractivity contribution is 7.14. The third kappa shape index (κ3) is 5.39. The lowest BCUT2D eigenvalue weighted by atomic mass is 10.0. The SMILES string of the molecule is Cc1ccc(OCc2ccc(C(=O)N3CCOCC3)cc2C)c(-c2csc(N3CCC(C(=O)O)C3C)n2)c1. The minimum atomic E-state index is -0.750. The summed E-state index contributed by atoms with van der Waals surface area (Å²) in [4.78, 5) is 33.2. The molecule has 1 N–H and O–H groups in total. The van der Waals surface area contributed by atoms with Crippen molar-refractivity contribution in [3.05, 3.63) is 64.0 Å². The molecule has 3 heterocycles. The average Bonchev–Trinajstić information content (AvgIpc) is 3.55. The van der Waals surface area contributed by atoms with Gasteiger partial charge in [0.1, 0.15) is 12.4 Å². The number of hydrogen-bond acceptors (Lipinski definition) is 7. The molecule has 9 heteroatoms. The van der Waals surface area contributed by atoms with Crippen molar-refractivity contribution in [1.29, 1.82) is 0 Å². The first-order valence-corrected chi connectivity index (χ1v) is 13.8. The second-order valence-electron chi connectivity index (χ2n) is 10.0. The molecule has 0 bridgehead atoms. The van der Waals surface area contributed by atoms with Crippen LogP contribution in [0.4, 0.5) is 5.13 Å². The van der Waals surface area contributed by atoms with E-state index in [1.807, 2.05) is 61.4 Å². The lowest BCUT2D eigenvalue weighted by molar-refractivity contribution is -0.141. The van der Waals surface area contributed by atoms with Gasteiger partial charge in [-0.1, -0.05) is 17.7 Å². The number of aromatic nitrogens is 1. The maximum Gasteiger partial charge on any atom is 0.308 e. The van der Waals surface area contributed by atoms with E-state index in [1.165, 1.54) is 11.3 Å². The van der Waals surface area contributed by atoms with Gasteiger partial charge in [0.25, 0.3) is 5.91 Å². The van der Waals surface area contributed by atoms with Gasteiger partial charge in [0.2, 0.25) is 0 Å². The number of aryl methyl sites for hydroxylation is 2. The largest absolute Gasteiger partial charge is 0.488 e. The number of carboxylic acids is 1. The average molecular weight is 536 g/mol. The van der Waals surface area contributed by atoms with Crippen LogP contribution in [0.5, 0.6) is 5.75 Å². The molecule has 2 fully saturated rings. The number of anilines is 1. The van der Waals surface area contributed by atoms with Crippen LogP contribution < -0.4 is 9.64 Å². The molecule has 2 aliphatic rings. The van der Waals surface area contributed by atoms with Crippen molar-refractivity contribution in [1.82, 2.24) is 9.88 Å². The standard InChI is InChI=1S/C29H33N3O5S/c1-18-4-7-26(24(14-18)25-17-38-29(30-25)32-9-8-23(20(32)3)28(34)35)37-16-22-6-5-21(15-19(22)2)27(33)31-10-12-36-13-11-31/h4-7,14-15,17,20,23H,8-13,16H2,1-3H3,(H,34,35). The van der Waals surface area contributed by atoms with E-state index in [1.54, 1.807) is 0 Å². The van der Waals surface area contributed by atoms with Crippen molar-refractivity contribution in [2.24, 2.45) is 5.92 Å². The number of carbonyl (C=O) groups excluding carboxylic acids is 1. The summed E-state index contributed by atoms with van der Waals surface area (Å²) in [7, 11) is 0. The molecule has 2 aliphatic heterocycles. The summed E-state index contributed by atoms with van der Waals surface area (Å²) in [5.41, 5.74) is 5.53. The maximum absolute atomic E-state index is 12.8. The molecule has 0 aliphatic carbocycles. The molecule has 2 aromatic carbocycles. The molecular formula is C29H33N3O5S. The van der Waals surface area contributed by atoms with Crippen molar-refractivity contribution in [3.8, 4) is 17.0 Å². The first-order chi connectivity index (χ1) is 18.3. The van der Waals surface area contributed by atoms with Crippen LogP contribution >= 0.6 is 11.3 Å². The highest BCUT2D eigenvalue weighted by Gasteiger charge is 2.37. The van der Waals surface area contributed by atoms with Crippen molar-refractivity contribution in [2.45, 2.75) is 39.8 Å². The number of carbonyl (C=O) groups is 2. The summed E-state index contributed by atoms with van der Waals surface area (Å²) in [6.45, 7) is 9.44. The van der Waals surface area contributed by atoms with E-state index in [4.69, 9.17) is 14.5 Å². The van der Waals surface area contributed by atoms with Crippen LogP contribution in [0.1, 0.15) is 40.4 Å².